The van der Waals surface area contributed by atoms with Crippen molar-refractivity contribution in [3.05, 3.63) is 0 Å². The van der Waals surface area contributed by atoms with E-state index in [1.165, 1.54) is 25.7 Å². The van der Waals surface area contributed by atoms with Crippen LogP contribution in [-0.2, 0) is 0 Å². The summed E-state index contributed by atoms with van der Waals surface area (Å²) in [5.74, 6) is 1.39. The monoisotopic (exact) mass is 170 g/mol. The fourth-order valence-electron chi connectivity index (χ4n) is 2.14. The zero-order valence-electron chi connectivity index (χ0n) is 8.13. The first-order chi connectivity index (χ1) is 5.74. The Hall–Kier alpha value is -0.0800. The molecule has 0 radical (unpaired) electrons. The third-order valence-electron chi connectivity index (χ3n) is 3.08. The first-order valence-electron chi connectivity index (χ1n) is 5.19. The average molecular weight is 170 g/mol. The molecule has 0 aliphatic heterocycles. The molecule has 1 rings (SSSR count). The predicted octanol–water partition coefficient (Wildman–Crippen LogP) is 1.49. The topological polar surface area (TPSA) is 52.0 Å². The van der Waals surface area contributed by atoms with E-state index >= 15 is 0 Å². The largest absolute Gasteiger partial charge is 0.330 e. The maximum Gasteiger partial charge on any atom is 0.00701 e. The molecule has 1 aliphatic rings. The lowest BCUT2D eigenvalue weighted by Gasteiger charge is -2.21. The highest BCUT2D eigenvalue weighted by Gasteiger charge is 2.22. The molecule has 4 N–H and O–H groups in total. The number of hydrogen-bond donors (Lipinski definition) is 2. The Balaban J connectivity index is 2.21. The van der Waals surface area contributed by atoms with Crippen molar-refractivity contribution in [3.63, 3.8) is 0 Å². The van der Waals surface area contributed by atoms with Crippen LogP contribution in [0, 0.1) is 11.8 Å². The van der Waals surface area contributed by atoms with Crippen LogP contribution in [-0.4, -0.2) is 12.6 Å². The van der Waals surface area contributed by atoms with Gasteiger partial charge in [-0.05, 0) is 37.6 Å². The first-order valence-corrected chi connectivity index (χ1v) is 5.19. The number of hydrogen-bond acceptors (Lipinski definition) is 2. The lowest BCUT2D eigenvalue weighted by atomic mass is 9.91. The summed E-state index contributed by atoms with van der Waals surface area (Å²) >= 11 is 0. The maximum atomic E-state index is 6.10. The lowest BCUT2D eigenvalue weighted by molar-refractivity contribution is 0.360. The Morgan fingerprint density at radius 1 is 1.33 bits per heavy atom. The standard InChI is InChI=1S/C10H22N2/c1-8(7-11)6-10(12)9-4-2-3-5-9/h8-10H,2-7,11-12H2,1H3. The van der Waals surface area contributed by atoms with Gasteiger partial charge in [-0.3, -0.25) is 0 Å². The summed E-state index contributed by atoms with van der Waals surface area (Å²) in [6, 6.07) is 0.408. The van der Waals surface area contributed by atoms with Gasteiger partial charge in [-0.25, -0.2) is 0 Å². The summed E-state index contributed by atoms with van der Waals surface area (Å²) in [6.45, 7) is 2.97. The highest BCUT2D eigenvalue weighted by molar-refractivity contribution is 4.79. The molecule has 0 amide bonds. The SMILES string of the molecule is CC(CN)CC(N)C1CCCC1. The van der Waals surface area contributed by atoms with E-state index in [2.05, 4.69) is 6.92 Å². The second-order valence-corrected chi connectivity index (χ2v) is 4.28. The third-order valence-corrected chi connectivity index (χ3v) is 3.08. The molecule has 0 aromatic rings. The zero-order chi connectivity index (χ0) is 8.97. The molecule has 2 atom stereocenters. The van der Waals surface area contributed by atoms with E-state index in [0.717, 1.165) is 18.9 Å². The summed E-state index contributed by atoms with van der Waals surface area (Å²) < 4.78 is 0. The van der Waals surface area contributed by atoms with Gasteiger partial charge in [0.15, 0.2) is 0 Å². The van der Waals surface area contributed by atoms with Gasteiger partial charge in [0.05, 0.1) is 0 Å². The van der Waals surface area contributed by atoms with Crippen LogP contribution < -0.4 is 11.5 Å². The van der Waals surface area contributed by atoms with Crippen molar-refractivity contribution in [1.82, 2.24) is 0 Å². The minimum atomic E-state index is 0.408. The van der Waals surface area contributed by atoms with E-state index in [1.807, 2.05) is 0 Å². The van der Waals surface area contributed by atoms with E-state index in [0.29, 0.717) is 12.0 Å². The van der Waals surface area contributed by atoms with Crippen LogP contribution in [0.4, 0.5) is 0 Å². The first kappa shape index (κ1) is 10.0. The molecule has 2 nitrogen and oxygen atoms in total. The van der Waals surface area contributed by atoms with Crippen LogP contribution in [0.2, 0.25) is 0 Å². The Kier molecular flexibility index (Phi) is 4.02. The number of rotatable bonds is 4. The van der Waals surface area contributed by atoms with Crippen LogP contribution >= 0.6 is 0 Å². The molecule has 2 heteroatoms. The maximum absolute atomic E-state index is 6.10. The van der Waals surface area contributed by atoms with Crippen LogP contribution in [0.15, 0.2) is 0 Å². The Bertz CT molecular complexity index is 119. The van der Waals surface area contributed by atoms with Gasteiger partial charge in [0.1, 0.15) is 0 Å². The van der Waals surface area contributed by atoms with Crippen molar-refractivity contribution in [2.75, 3.05) is 6.54 Å². The molecule has 0 spiro atoms. The lowest BCUT2D eigenvalue weighted by Crippen LogP contribution is -2.32. The van der Waals surface area contributed by atoms with Gasteiger partial charge in [0.25, 0.3) is 0 Å². The van der Waals surface area contributed by atoms with Crippen LogP contribution in [0.5, 0.6) is 0 Å². The molecule has 72 valence electrons. The van der Waals surface area contributed by atoms with Crippen molar-refractivity contribution >= 4 is 0 Å². The van der Waals surface area contributed by atoms with Gasteiger partial charge in [-0.1, -0.05) is 19.8 Å². The second kappa shape index (κ2) is 4.83. The minimum absolute atomic E-state index is 0.408. The fraction of sp³-hybridized carbons (Fsp3) is 1.00. The minimum Gasteiger partial charge on any atom is -0.330 e. The normalized spacial score (nSPS) is 24.2. The van der Waals surface area contributed by atoms with Gasteiger partial charge >= 0.3 is 0 Å². The highest BCUT2D eigenvalue weighted by Crippen LogP contribution is 2.28. The molecule has 0 bridgehead atoms. The van der Waals surface area contributed by atoms with Gasteiger partial charge in [0, 0.05) is 6.04 Å². The Morgan fingerprint density at radius 2 is 1.92 bits per heavy atom. The number of nitrogens with two attached hydrogens (primary N) is 2. The summed E-state index contributed by atoms with van der Waals surface area (Å²) in [6.07, 6.45) is 6.57. The Labute approximate surface area is 75.7 Å². The molecule has 1 saturated carbocycles. The van der Waals surface area contributed by atoms with Gasteiger partial charge in [-0.2, -0.15) is 0 Å². The molecule has 1 aliphatic carbocycles. The van der Waals surface area contributed by atoms with E-state index in [4.69, 9.17) is 11.5 Å². The zero-order valence-corrected chi connectivity index (χ0v) is 8.13. The third kappa shape index (κ3) is 2.76. The summed E-state index contributed by atoms with van der Waals surface area (Å²) in [4.78, 5) is 0. The van der Waals surface area contributed by atoms with Crippen molar-refractivity contribution in [2.24, 2.45) is 23.3 Å². The Morgan fingerprint density at radius 3 is 2.42 bits per heavy atom. The van der Waals surface area contributed by atoms with Crippen LogP contribution in [0.25, 0.3) is 0 Å². The van der Waals surface area contributed by atoms with E-state index in [-0.39, 0.29) is 0 Å². The van der Waals surface area contributed by atoms with Crippen molar-refractivity contribution < 1.29 is 0 Å². The fourth-order valence-corrected chi connectivity index (χ4v) is 2.14. The molecule has 0 aromatic heterocycles. The molecule has 0 heterocycles. The van der Waals surface area contributed by atoms with Crippen molar-refractivity contribution in [3.8, 4) is 0 Å². The van der Waals surface area contributed by atoms with E-state index < -0.39 is 0 Å². The van der Waals surface area contributed by atoms with Crippen LogP contribution in [0.1, 0.15) is 39.0 Å². The summed E-state index contributed by atoms with van der Waals surface area (Å²) in [7, 11) is 0. The summed E-state index contributed by atoms with van der Waals surface area (Å²) in [5.41, 5.74) is 11.7. The molecule has 0 saturated heterocycles. The quantitative estimate of drug-likeness (QED) is 0.671. The summed E-state index contributed by atoms with van der Waals surface area (Å²) in [5, 5.41) is 0. The second-order valence-electron chi connectivity index (χ2n) is 4.28. The van der Waals surface area contributed by atoms with Gasteiger partial charge < -0.3 is 11.5 Å². The molecular formula is C10H22N2. The van der Waals surface area contributed by atoms with Crippen LogP contribution in [0.3, 0.4) is 0 Å². The van der Waals surface area contributed by atoms with E-state index in [9.17, 15) is 0 Å². The van der Waals surface area contributed by atoms with Crippen molar-refractivity contribution in [2.45, 2.75) is 45.1 Å². The average Bonchev–Trinajstić information content (AvgIpc) is 2.56. The van der Waals surface area contributed by atoms with Gasteiger partial charge in [0.2, 0.25) is 0 Å². The molecule has 0 aromatic carbocycles. The molecule has 2 unspecified atom stereocenters. The highest BCUT2D eigenvalue weighted by atomic mass is 14.7. The molecule has 1 fully saturated rings. The van der Waals surface area contributed by atoms with Gasteiger partial charge in [-0.15, -0.1) is 0 Å². The molecular weight excluding hydrogens is 148 g/mol. The van der Waals surface area contributed by atoms with E-state index in [1.54, 1.807) is 0 Å². The molecule has 12 heavy (non-hydrogen) atoms. The van der Waals surface area contributed by atoms with Crippen molar-refractivity contribution in [1.29, 1.82) is 0 Å². The predicted molar refractivity (Wildman–Crippen MR) is 52.8 cm³/mol. The smallest absolute Gasteiger partial charge is 0.00701 e.